The van der Waals surface area contributed by atoms with Gasteiger partial charge >= 0.3 is 0 Å². The highest BCUT2D eigenvalue weighted by atomic mass is 16.5. The molecule has 1 N–H and O–H groups in total. The lowest BCUT2D eigenvalue weighted by molar-refractivity contribution is 0.216. The molecule has 178 valence electrons. The minimum Gasteiger partial charge on any atom is -0.508 e. The Labute approximate surface area is 203 Å². The zero-order valence-electron chi connectivity index (χ0n) is 19.9. The average molecular weight is 458 g/mol. The van der Waals surface area contributed by atoms with Gasteiger partial charge < -0.3 is 19.5 Å². The van der Waals surface area contributed by atoms with Crippen molar-refractivity contribution in [1.82, 2.24) is 4.90 Å². The first-order valence-corrected chi connectivity index (χ1v) is 12.7. The van der Waals surface area contributed by atoms with Crippen molar-refractivity contribution in [3.63, 3.8) is 0 Å². The van der Waals surface area contributed by atoms with Crippen molar-refractivity contribution in [3.05, 3.63) is 89.5 Å². The number of aromatic hydroxyl groups is 1. The Bertz CT molecular complexity index is 1040. The second-order valence-corrected chi connectivity index (χ2v) is 9.55. The number of benzene rings is 3. The van der Waals surface area contributed by atoms with Crippen LogP contribution >= 0.6 is 0 Å². The van der Waals surface area contributed by atoms with Gasteiger partial charge in [0.25, 0.3) is 0 Å². The standard InChI is InChI=1S/C30H35NO3/c32-25-13-16-27-29(21-25)34-22-28(23-9-3-1-4-10-23)30(27)24-11-14-26(15-12-24)33-20-8-7-19-31-17-5-2-6-18-31/h1,3-4,9-16,21,28,30,32H,2,5-8,17-20,22H2/t28-,30?/m1/s1. The number of nitrogens with zero attached hydrogens (tertiary/aromatic N) is 1. The molecular weight excluding hydrogens is 422 g/mol. The SMILES string of the molecule is Oc1ccc2c(c1)OC[C@H](c1ccccc1)C2c1ccc(OCCCCN2CCCCC2)cc1. The van der Waals surface area contributed by atoms with E-state index in [0.29, 0.717) is 6.61 Å². The van der Waals surface area contributed by atoms with Crippen LogP contribution in [0.3, 0.4) is 0 Å². The molecule has 0 aliphatic carbocycles. The van der Waals surface area contributed by atoms with E-state index < -0.39 is 0 Å². The largest absolute Gasteiger partial charge is 0.508 e. The summed E-state index contributed by atoms with van der Waals surface area (Å²) in [5, 5.41) is 9.96. The van der Waals surface area contributed by atoms with Crippen LogP contribution in [0.4, 0.5) is 0 Å². The first kappa shape index (κ1) is 22.8. The Morgan fingerprint density at radius 1 is 0.853 bits per heavy atom. The number of piperidine rings is 1. The maximum atomic E-state index is 9.96. The van der Waals surface area contributed by atoms with Crippen LogP contribution in [0.15, 0.2) is 72.8 Å². The molecule has 0 aromatic heterocycles. The van der Waals surface area contributed by atoms with Crippen LogP contribution in [0.2, 0.25) is 0 Å². The van der Waals surface area contributed by atoms with E-state index in [1.165, 1.54) is 56.4 Å². The van der Waals surface area contributed by atoms with Crippen LogP contribution in [0, 0.1) is 0 Å². The van der Waals surface area contributed by atoms with Crippen LogP contribution in [0.25, 0.3) is 0 Å². The van der Waals surface area contributed by atoms with Crippen molar-refractivity contribution in [1.29, 1.82) is 0 Å². The minimum absolute atomic E-state index is 0.158. The zero-order chi connectivity index (χ0) is 23.2. The topological polar surface area (TPSA) is 41.9 Å². The summed E-state index contributed by atoms with van der Waals surface area (Å²) in [6.07, 6.45) is 6.39. The number of hydrogen-bond acceptors (Lipinski definition) is 4. The molecule has 0 saturated carbocycles. The van der Waals surface area contributed by atoms with E-state index in [-0.39, 0.29) is 17.6 Å². The number of ether oxygens (including phenoxy) is 2. The van der Waals surface area contributed by atoms with Gasteiger partial charge in [-0.3, -0.25) is 0 Å². The van der Waals surface area contributed by atoms with Crippen LogP contribution in [0.1, 0.15) is 60.6 Å². The molecular formula is C30H35NO3. The summed E-state index contributed by atoms with van der Waals surface area (Å²) in [7, 11) is 0. The van der Waals surface area contributed by atoms with Gasteiger partial charge in [0.05, 0.1) is 13.2 Å². The van der Waals surface area contributed by atoms with Gasteiger partial charge in [-0.2, -0.15) is 0 Å². The van der Waals surface area contributed by atoms with E-state index in [9.17, 15) is 5.11 Å². The van der Waals surface area contributed by atoms with Crippen molar-refractivity contribution >= 4 is 0 Å². The van der Waals surface area contributed by atoms with Crippen LogP contribution in [-0.2, 0) is 0 Å². The summed E-state index contributed by atoms with van der Waals surface area (Å²) in [6.45, 7) is 5.07. The third-order valence-electron chi connectivity index (χ3n) is 7.21. The van der Waals surface area contributed by atoms with E-state index in [1.807, 2.05) is 12.1 Å². The quantitative estimate of drug-likeness (QED) is 0.401. The first-order valence-electron chi connectivity index (χ1n) is 12.7. The number of fused-ring (bicyclic) bond motifs is 1. The first-order chi connectivity index (χ1) is 16.8. The lowest BCUT2D eigenvalue weighted by atomic mass is 9.76. The molecule has 3 aromatic rings. The molecule has 2 heterocycles. The Morgan fingerprint density at radius 2 is 1.65 bits per heavy atom. The summed E-state index contributed by atoms with van der Waals surface area (Å²) in [4.78, 5) is 2.59. The Balaban J connectivity index is 1.25. The Kier molecular flexibility index (Phi) is 7.35. The maximum absolute atomic E-state index is 9.96. The minimum atomic E-state index is 0.158. The molecule has 2 aliphatic heterocycles. The fourth-order valence-electron chi connectivity index (χ4n) is 5.38. The predicted molar refractivity (Wildman–Crippen MR) is 136 cm³/mol. The second-order valence-electron chi connectivity index (χ2n) is 9.55. The fourth-order valence-corrected chi connectivity index (χ4v) is 5.38. The number of hydrogen-bond donors (Lipinski definition) is 1. The highest BCUT2D eigenvalue weighted by Crippen LogP contribution is 2.47. The van der Waals surface area contributed by atoms with Gasteiger partial charge in [-0.25, -0.2) is 0 Å². The summed E-state index contributed by atoms with van der Waals surface area (Å²) < 4.78 is 12.1. The van der Waals surface area contributed by atoms with E-state index in [0.717, 1.165) is 30.1 Å². The molecule has 1 unspecified atom stereocenters. The number of likely N-dealkylation sites (tertiary alicyclic amines) is 1. The summed E-state index contributed by atoms with van der Waals surface area (Å²) in [5.41, 5.74) is 3.62. The second kappa shape index (κ2) is 11.0. The number of phenols is 1. The van der Waals surface area contributed by atoms with Gasteiger partial charge in [0.1, 0.15) is 17.2 Å². The molecule has 3 aromatic carbocycles. The molecule has 1 saturated heterocycles. The lowest BCUT2D eigenvalue weighted by Crippen LogP contribution is -2.30. The van der Waals surface area contributed by atoms with Crippen LogP contribution < -0.4 is 9.47 Å². The highest BCUT2D eigenvalue weighted by Gasteiger charge is 2.33. The van der Waals surface area contributed by atoms with Gasteiger partial charge in [0.15, 0.2) is 0 Å². The summed E-state index contributed by atoms with van der Waals surface area (Å²) >= 11 is 0. The average Bonchev–Trinajstić information content (AvgIpc) is 2.89. The monoisotopic (exact) mass is 457 g/mol. The molecule has 0 bridgehead atoms. The highest BCUT2D eigenvalue weighted by molar-refractivity contribution is 5.50. The normalized spacial score (nSPS) is 20.4. The van der Waals surface area contributed by atoms with E-state index >= 15 is 0 Å². The Morgan fingerprint density at radius 3 is 2.44 bits per heavy atom. The number of phenolic OH excluding ortho intramolecular Hbond substituents is 1. The van der Waals surface area contributed by atoms with Crippen molar-refractivity contribution in [2.24, 2.45) is 0 Å². The smallest absolute Gasteiger partial charge is 0.126 e. The van der Waals surface area contributed by atoms with Crippen molar-refractivity contribution in [2.45, 2.75) is 43.9 Å². The molecule has 34 heavy (non-hydrogen) atoms. The number of rotatable bonds is 8. The third kappa shape index (κ3) is 5.39. The van der Waals surface area contributed by atoms with Gasteiger partial charge in [0.2, 0.25) is 0 Å². The van der Waals surface area contributed by atoms with E-state index in [4.69, 9.17) is 9.47 Å². The molecule has 2 aliphatic rings. The zero-order valence-corrected chi connectivity index (χ0v) is 19.9. The molecule has 0 radical (unpaired) electrons. The maximum Gasteiger partial charge on any atom is 0.126 e. The predicted octanol–water partition coefficient (Wildman–Crippen LogP) is 6.35. The number of unbranched alkanes of at least 4 members (excludes halogenated alkanes) is 1. The Hall–Kier alpha value is -2.98. The molecule has 1 fully saturated rings. The molecule has 0 amide bonds. The molecule has 4 nitrogen and oxygen atoms in total. The van der Waals surface area contributed by atoms with Crippen molar-refractivity contribution in [2.75, 3.05) is 32.8 Å². The van der Waals surface area contributed by atoms with Crippen molar-refractivity contribution < 1.29 is 14.6 Å². The third-order valence-corrected chi connectivity index (χ3v) is 7.21. The van der Waals surface area contributed by atoms with Crippen LogP contribution in [0.5, 0.6) is 17.2 Å². The van der Waals surface area contributed by atoms with Gasteiger partial charge in [0, 0.05) is 23.5 Å². The van der Waals surface area contributed by atoms with Gasteiger partial charge in [-0.15, -0.1) is 0 Å². The lowest BCUT2D eigenvalue weighted by Gasteiger charge is -2.34. The summed E-state index contributed by atoms with van der Waals surface area (Å²) in [5.74, 6) is 2.30. The summed E-state index contributed by atoms with van der Waals surface area (Å²) in [6, 6.07) is 24.6. The van der Waals surface area contributed by atoms with Gasteiger partial charge in [-0.1, -0.05) is 55.0 Å². The molecule has 4 heteroatoms. The van der Waals surface area contributed by atoms with E-state index in [2.05, 4.69) is 53.4 Å². The molecule has 0 spiro atoms. The van der Waals surface area contributed by atoms with Crippen LogP contribution in [-0.4, -0.2) is 42.9 Å². The van der Waals surface area contributed by atoms with E-state index in [1.54, 1.807) is 12.1 Å². The van der Waals surface area contributed by atoms with Gasteiger partial charge in [-0.05, 0) is 74.6 Å². The molecule has 5 rings (SSSR count). The fraction of sp³-hybridized carbons (Fsp3) is 0.400. The molecule has 2 atom stereocenters. The van der Waals surface area contributed by atoms with Crippen molar-refractivity contribution in [3.8, 4) is 17.2 Å².